The number of carbonyl (C=O) groups excluding carboxylic acids is 1. The Bertz CT molecular complexity index is 704. The van der Waals surface area contributed by atoms with Crippen molar-refractivity contribution in [3.05, 3.63) is 63.6 Å². The highest BCUT2D eigenvalue weighted by molar-refractivity contribution is 9.10. The second-order valence-corrected chi connectivity index (χ2v) is 5.58. The minimum absolute atomic E-state index is 0.173. The van der Waals surface area contributed by atoms with Crippen molar-refractivity contribution in [2.45, 2.75) is 13.0 Å². The van der Waals surface area contributed by atoms with Crippen LogP contribution in [0.1, 0.15) is 34.5 Å². The molecule has 0 spiro atoms. The minimum Gasteiger partial charge on any atom is -0.398 e. The van der Waals surface area contributed by atoms with Crippen LogP contribution >= 0.6 is 15.9 Å². The Morgan fingerprint density at radius 2 is 1.95 bits per heavy atom. The zero-order valence-electron chi connectivity index (χ0n) is 11.4. The first-order valence-corrected chi connectivity index (χ1v) is 7.16. The summed E-state index contributed by atoms with van der Waals surface area (Å²) in [5.41, 5.74) is 8.24. The third-order valence-electron chi connectivity index (χ3n) is 3.15. The number of carbonyl (C=O) groups is 1. The van der Waals surface area contributed by atoms with Gasteiger partial charge in [-0.25, -0.2) is 0 Å². The van der Waals surface area contributed by atoms with Crippen molar-refractivity contribution in [2.75, 3.05) is 5.73 Å². The van der Waals surface area contributed by atoms with Crippen molar-refractivity contribution < 1.29 is 4.79 Å². The monoisotopic (exact) mass is 343 g/mol. The van der Waals surface area contributed by atoms with Crippen LogP contribution < -0.4 is 11.1 Å². The van der Waals surface area contributed by atoms with E-state index in [2.05, 4.69) is 27.3 Å². The van der Waals surface area contributed by atoms with Gasteiger partial charge in [-0.3, -0.25) is 4.79 Å². The average Bonchev–Trinajstić information content (AvgIpc) is 2.47. The van der Waals surface area contributed by atoms with Gasteiger partial charge in [0.25, 0.3) is 5.91 Å². The number of anilines is 1. The molecule has 0 aliphatic heterocycles. The van der Waals surface area contributed by atoms with Gasteiger partial charge in [0.1, 0.15) is 0 Å². The summed E-state index contributed by atoms with van der Waals surface area (Å²) in [6.45, 7) is 1.88. The first-order valence-electron chi connectivity index (χ1n) is 6.37. The highest BCUT2D eigenvalue weighted by Crippen LogP contribution is 2.20. The fourth-order valence-corrected chi connectivity index (χ4v) is 2.32. The van der Waals surface area contributed by atoms with Gasteiger partial charge >= 0.3 is 0 Å². The summed E-state index contributed by atoms with van der Waals surface area (Å²) < 4.78 is 0.830. The lowest BCUT2D eigenvalue weighted by Crippen LogP contribution is -2.27. The number of rotatable bonds is 3. The molecule has 21 heavy (non-hydrogen) atoms. The Morgan fingerprint density at radius 1 is 1.29 bits per heavy atom. The lowest BCUT2D eigenvalue weighted by molar-refractivity contribution is 0.0941. The Kier molecular flexibility index (Phi) is 4.61. The van der Waals surface area contributed by atoms with Gasteiger partial charge in [0.2, 0.25) is 0 Å². The summed E-state index contributed by atoms with van der Waals surface area (Å²) in [6.07, 6.45) is 0. The van der Waals surface area contributed by atoms with Gasteiger partial charge in [0.15, 0.2) is 0 Å². The van der Waals surface area contributed by atoms with Gasteiger partial charge < -0.3 is 11.1 Å². The van der Waals surface area contributed by atoms with Crippen molar-refractivity contribution in [1.29, 1.82) is 5.26 Å². The van der Waals surface area contributed by atoms with Gasteiger partial charge in [0.05, 0.1) is 23.2 Å². The van der Waals surface area contributed by atoms with E-state index in [0.29, 0.717) is 16.8 Å². The second kappa shape index (κ2) is 6.42. The molecule has 2 aromatic carbocycles. The molecule has 0 heterocycles. The number of halogens is 1. The molecule has 0 radical (unpaired) electrons. The summed E-state index contributed by atoms with van der Waals surface area (Å²) in [7, 11) is 0. The number of nitrogens with zero attached hydrogens (tertiary/aromatic N) is 1. The fraction of sp³-hybridized carbons (Fsp3) is 0.125. The minimum atomic E-state index is -0.225. The smallest absolute Gasteiger partial charge is 0.253 e. The maximum Gasteiger partial charge on any atom is 0.253 e. The molecule has 106 valence electrons. The molecule has 1 atom stereocenters. The van der Waals surface area contributed by atoms with E-state index < -0.39 is 0 Å². The van der Waals surface area contributed by atoms with E-state index in [1.165, 1.54) is 0 Å². The van der Waals surface area contributed by atoms with Gasteiger partial charge in [-0.2, -0.15) is 5.26 Å². The van der Waals surface area contributed by atoms with Crippen LogP contribution in [-0.4, -0.2) is 5.91 Å². The molecule has 0 fully saturated rings. The van der Waals surface area contributed by atoms with Gasteiger partial charge in [-0.05, 0) is 42.8 Å². The maximum atomic E-state index is 12.2. The van der Waals surface area contributed by atoms with Crippen molar-refractivity contribution >= 4 is 27.5 Å². The topological polar surface area (TPSA) is 78.9 Å². The second-order valence-electron chi connectivity index (χ2n) is 4.66. The van der Waals surface area contributed by atoms with Crippen LogP contribution in [0, 0.1) is 11.3 Å². The Hall–Kier alpha value is -2.32. The fourth-order valence-electron chi connectivity index (χ4n) is 1.94. The first kappa shape index (κ1) is 15.1. The Balaban J connectivity index is 2.13. The molecule has 5 heteroatoms. The normalized spacial score (nSPS) is 11.5. The van der Waals surface area contributed by atoms with Crippen LogP contribution in [0.15, 0.2) is 46.9 Å². The predicted octanol–water partition coefficient (Wildman–Crippen LogP) is 3.39. The average molecular weight is 344 g/mol. The van der Waals surface area contributed by atoms with Gasteiger partial charge in [-0.15, -0.1) is 0 Å². The zero-order chi connectivity index (χ0) is 15.4. The molecule has 0 aliphatic rings. The predicted molar refractivity (Wildman–Crippen MR) is 85.6 cm³/mol. The zero-order valence-corrected chi connectivity index (χ0v) is 13.0. The van der Waals surface area contributed by atoms with Crippen LogP contribution in [0.2, 0.25) is 0 Å². The number of amides is 1. The van der Waals surface area contributed by atoms with Crippen LogP contribution in [-0.2, 0) is 0 Å². The molecule has 0 aromatic heterocycles. The summed E-state index contributed by atoms with van der Waals surface area (Å²) in [6, 6.07) is 14.2. The molecule has 2 rings (SSSR count). The summed E-state index contributed by atoms with van der Waals surface area (Å²) >= 11 is 3.31. The van der Waals surface area contributed by atoms with E-state index in [4.69, 9.17) is 11.0 Å². The number of benzene rings is 2. The number of hydrogen-bond donors (Lipinski definition) is 2. The molecule has 0 saturated carbocycles. The maximum absolute atomic E-state index is 12.2. The summed E-state index contributed by atoms with van der Waals surface area (Å²) in [5.74, 6) is -0.225. The van der Waals surface area contributed by atoms with Crippen LogP contribution in [0.25, 0.3) is 0 Å². The molecule has 2 aromatic rings. The molecule has 1 amide bonds. The van der Waals surface area contributed by atoms with Gasteiger partial charge in [-0.1, -0.05) is 28.1 Å². The third-order valence-corrected chi connectivity index (χ3v) is 3.64. The largest absolute Gasteiger partial charge is 0.398 e. The summed E-state index contributed by atoms with van der Waals surface area (Å²) in [5, 5.41) is 11.7. The molecule has 0 bridgehead atoms. The number of nitrogens with one attached hydrogen (secondary N) is 1. The van der Waals surface area contributed by atoms with Gasteiger partial charge in [0, 0.05) is 10.2 Å². The molecule has 0 saturated heterocycles. The molecule has 3 N–H and O–H groups in total. The quantitative estimate of drug-likeness (QED) is 0.838. The SMILES string of the molecule is CC(NC(=O)c1ccc(Br)cc1N)c1ccc(C#N)cc1. The molecule has 4 nitrogen and oxygen atoms in total. The first-order chi connectivity index (χ1) is 10.0. The van der Waals surface area contributed by atoms with E-state index in [1.807, 2.05) is 19.1 Å². The van der Waals surface area contributed by atoms with Crippen molar-refractivity contribution in [2.24, 2.45) is 0 Å². The third kappa shape index (κ3) is 3.61. The molecular weight excluding hydrogens is 330 g/mol. The Morgan fingerprint density at radius 3 is 2.52 bits per heavy atom. The number of nitrogens with two attached hydrogens (primary N) is 1. The summed E-state index contributed by atoms with van der Waals surface area (Å²) in [4.78, 5) is 12.2. The van der Waals surface area contributed by atoms with Crippen molar-refractivity contribution in [1.82, 2.24) is 5.32 Å². The standard InChI is InChI=1S/C16H14BrN3O/c1-10(12-4-2-11(9-18)3-5-12)20-16(21)14-7-6-13(17)8-15(14)19/h2-8,10H,19H2,1H3,(H,20,21). The van der Waals surface area contributed by atoms with E-state index in [1.54, 1.807) is 30.3 Å². The van der Waals surface area contributed by atoms with E-state index in [9.17, 15) is 4.79 Å². The number of nitriles is 1. The number of nitrogen functional groups attached to an aromatic ring is 1. The van der Waals surface area contributed by atoms with E-state index in [0.717, 1.165) is 10.0 Å². The molecule has 1 unspecified atom stereocenters. The van der Waals surface area contributed by atoms with Crippen molar-refractivity contribution in [3.63, 3.8) is 0 Å². The van der Waals surface area contributed by atoms with Crippen molar-refractivity contribution in [3.8, 4) is 6.07 Å². The van der Waals surface area contributed by atoms with Crippen LogP contribution in [0.3, 0.4) is 0 Å². The van der Waals surface area contributed by atoms with E-state index >= 15 is 0 Å². The lowest BCUT2D eigenvalue weighted by Gasteiger charge is -2.15. The molecular formula is C16H14BrN3O. The lowest BCUT2D eigenvalue weighted by atomic mass is 10.1. The highest BCUT2D eigenvalue weighted by Gasteiger charge is 2.14. The highest BCUT2D eigenvalue weighted by atomic mass is 79.9. The number of hydrogen-bond acceptors (Lipinski definition) is 3. The molecule has 0 aliphatic carbocycles. The van der Waals surface area contributed by atoms with E-state index in [-0.39, 0.29) is 11.9 Å². The van der Waals surface area contributed by atoms with Crippen LogP contribution in [0.4, 0.5) is 5.69 Å². The Labute approximate surface area is 131 Å². The van der Waals surface area contributed by atoms with Crippen LogP contribution in [0.5, 0.6) is 0 Å².